The first-order valence-corrected chi connectivity index (χ1v) is 52.2. The molecule has 4 unspecified atom stereocenters. The summed E-state index contributed by atoms with van der Waals surface area (Å²) in [6.07, 6.45) is 3.19. The van der Waals surface area contributed by atoms with Gasteiger partial charge in [0.2, 0.25) is 11.8 Å². The predicted molar refractivity (Wildman–Crippen MR) is 563 cm³/mol. The average Bonchev–Trinajstić information content (AvgIpc) is 1.54. The van der Waals surface area contributed by atoms with Gasteiger partial charge in [-0.15, -0.1) is 0 Å². The summed E-state index contributed by atoms with van der Waals surface area (Å²) in [6, 6.07) is 66.9. The monoisotopic (exact) mass is 2010 g/mol. The first-order chi connectivity index (χ1) is 66.7. The molecule has 30 heteroatoms. The van der Waals surface area contributed by atoms with Gasteiger partial charge in [0.15, 0.2) is 0 Å². The molecule has 2 aliphatic heterocycles. The Kier molecular flexibility index (Phi) is 51.4. The highest BCUT2D eigenvalue weighted by molar-refractivity contribution is 7.86. The number of amides is 2. The molecule has 2 amide bonds. The van der Waals surface area contributed by atoms with Crippen molar-refractivity contribution in [2.45, 2.75) is 207 Å². The fourth-order valence-corrected chi connectivity index (χ4v) is 16.8. The molecule has 8 aromatic carbocycles. The topological polar surface area (TPSA) is 365 Å². The quantitative estimate of drug-likeness (QED) is 0.00762. The Bertz CT molecular complexity index is 4830. The Balaban J connectivity index is 0.000000337. The Morgan fingerprint density at radius 3 is 0.796 bits per heavy atom. The van der Waals surface area contributed by atoms with E-state index in [4.69, 9.17) is 57.6 Å². The lowest BCUT2D eigenvalue weighted by Gasteiger charge is -2.34. The molecule has 0 bridgehead atoms. The molecule has 4 aliphatic rings. The minimum atomic E-state index is -3.28. The molecule has 8 aromatic rings. The van der Waals surface area contributed by atoms with Crippen molar-refractivity contribution < 1.29 is 113 Å². The first kappa shape index (κ1) is 123. The van der Waals surface area contributed by atoms with E-state index in [2.05, 4.69) is 229 Å². The second kappa shape index (κ2) is 59.3. The van der Waals surface area contributed by atoms with Gasteiger partial charge in [0.1, 0.15) is 55.0 Å². The zero-order valence-electron chi connectivity index (χ0n) is 88.1. The van der Waals surface area contributed by atoms with Crippen LogP contribution in [0.1, 0.15) is 189 Å². The summed E-state index contributed by atoms with van der Waals surface area (Å²) in [4.78, 5) is 26.1. The highest BCUT2D eigenvalue weighted by atomic mass is 32.2. The molecular weight excluding hydrogens is 1850 g/mol. The molecule has 4 atom stereocenters. The van der Waals surface area contributed by atoms with E-state index in [0.29, 0.717) is 107 Å². The second-order valence-corrected chi connectivity index (χ2v) is 43.9. The summed E-state index contributed by atoms with van der Waals surface area (Å²) < 4.78 is 107. The lowest BCUT2D eigenvalue weighted by molar-refractivity contribution is -0.118. The van der Waals surface area contributed by atoms with Crippen molar-refractivity contribution in [3.05, 3.63) is 264 Å². The molecule has 28 nitrogen and oxygen atoms in total. The van der Waals surface area contributed by atoms with Crippen molar-refractivity contribution in [1.29, 1.82) is 0 Å². The van der Waals surface area contributed by atoms with Crippen LogP contribution >= 0.6 is 0 Å². The summed E-state index contributed by atoms with van der Waals surface area (Å²) in [5, 5.41) is 63.0. The number of carbonyl (C=O) groups is 2. The van der Waals surface area contributed by atoms with Crippen molar-refractivity contribution in [1.82, 2.24) is 20.4 Å². The number of carbonyl (C=O) groups excluding carboxylic acids is 2. The largest absolute Gasteiger partial charge is 0.493 e. The average molecular weight is 2010 g/mol. The number of nitrogens with zero attached hydrogens (tertiary/aromatic N) is 2. The van der Waals surface area contributed by atoms with E-state index in [-0.39, 0.29) is 81.7 Å². The summed E-state index contributed by atoms with van der Waals surface area (Å²) in [6.45, 7) is 56.0. The van der Waals surface area contributed by atoms with Gasteiger partial charge in [0, 0.05) is 60.9 Å². The number of fused-ring (bicyclic) bond motifs is 6. The van der Waals surface area contributed by atoms with Gasteiger partial charge < -0.3 is 88.6 Å². The van der Waals surface area contributed by atoms with Crippen LogP contribution in [0.25, 0.3) is 22.3 Å². The standard InChI is InChI=1S/2C38H44O8.2C7H13NO.2C6H13N.2C5H12O3S/c1-28(24-40)25-45-32-14-10-29(11-15-32)38(36-8-4-2-6-34(36)35-7-3-5-9-37(35)38)30-12-16-33(17-13-30)46-27-31(41)26-44-23-22-43-21-20-42-19-18-39;1-2-30(40)26-45-32-15-11-28(12-16-32)38(36-9-5-3-7-34(36)35-8-4-6-10-37(35)38)29-13-17-33(18-14-29)46-27-31(41)25-44-24-23-43-22-21-42-20-19-39;2*1-5-6(9)8-7(2,3)4;2*1-6(2,3)7-4-5-7;2*1-5(2,3)8-9(4,6)7/h2-17,28,31,39-41H,18-27H2,1H3;3-18,30-31,39-41H,2,19-27H2,1H3;2*5H,1H2,2-4H3,(H,8,9);2*4-5H2,1-3H3;2*1-4H3. The zero-order valence-corrected chi connectivity index (χ0v) is 89.7. The molecule has 2 fully saturated rings. The number of aliphatic hydroxyl groups is 6. The number of benzene rings is 8. The normalized spacial score (nSPS) is 14.6. The van der Waals surface area contributed by atoms with Gasteiger partial charge in [-0.05, 0) is 258 Å². The first-order valence-electron chi connectivity index (χ1n) is 48.5. The van der Waals surface area contributed by atoms with Crippen molar-refractivity contribution in [3.8, 4) is 45.3 Å². The van der Waals surface area contributed by atoms with Crippen molar-refractivity contribution >= 4 is 32.1 Å². The number of hydrogen-bond donors (Lipinski definition) is 8. The Labute approximate surface area is 847 Å². The molecule has 0 radical (unpaired) electrons. The maximum atomic E-state index is 10.6. The molecule has 0 aromatic heterocycles. The fraction of sp³-hybridized carbons (Fsp3) is 0.518. The molecule has 2 aliphatic carbocycles. The van der Waals surface area contributed by atoms with Crippen molar-refractivity contribution in [2.75, 3.05) is 164 Å². The molecule has 0 saturated carbocycles. The van der Waals surface area contributed by atoms with Crippen LogP contribution in [0.15, 0.2) is 219 Å². The lowest BCUT2D eigenvalue weighted by Crippen LogP contribution is -2.39. The molecular formula is C112H164N4O24S2. The van der Waals surface area contributed by atoms with Crippen LogP contribution in [0.5, 0.6) is 23.0 Å². The maximum Gasteiger partial charge on any atom is 0.264 e. The minimum Gasteiger partial charge on any atom is -0.493 e. The number of aliphatic hydroxyl groups excluding tert-OH is 6. The number of nitrogens with one attached hydrogen (secondary N) is 2. The molecule has 788 valence electrons. The Morgan fingerprint density at radius 2 is 0.606 bits per heavy atom. The summed E-state index contributed by atoms with van der Waals surface area (Å²) in [5.74, 6) is 2.61. The van der Waals surface area contributed by atoms with Crippen LogP contribution in [0.2, 0.25) is 0 Å². The van der Waals surface area contributed by atoms with Crippen LogP contribution in [0.4, 0.5) is 0 Å². The molecule has 12 rings (SSSR count). The summed E-state index contributed by atoms with van der Waals surface area (Å²) in [7, 11) is -6.56. The van der Waals surface area contributed by atoms with E-state index in [1.165, 1.54) is 82.8 Å². The Hall–Kier alpha value is -9.36. The van der Waals surface area contributed by atoms with Gasteiger partial charge in [-0.1, -0.05) is 173 Å². The van der Waals surface area contributed by atoms with Crippen molar-refractivity contribution in [3.63, 3.8) is 0 Å². The SMILES string of the molecule is C=CC(=O)NC(C)(C)C.C=CC(=O)NC(C)(C)C.CC(C)(C)N1CC1.CC(C)(C)N1CC1.CC(C)(C)OS(C)(=O)=O.CC(C)(C)OS(C)(=O)=O.CC(CO)COc1ccc(C2(c3ccc(OCC(O)COCCOCCOCCO)cc3)c3ccccc3-c3ccccc32)cc1.CCC(O)COc1ccc(C2(c3ccc(OCC(O)COCCOCCOCCO)cc3)c3ccccc3-c3ccccc32)cc1. The number of hydrogen-bond acceptors (Lipinski definition) is 26. The molecule has 8 N–H and O–H groups in total. The predicted octanol–water partition coefficient (Wildman–Crippen LogP) is 15.7. The molecule has 0 spiro atoms. The smallest absolute Gasteiger partial charge is 0.264 e. The van der Waals surface area contributed by atoms with E-state index in [1.807, 2.05) is 104 Å². The van der Waals surface area contributed by atoms with Crippen LogP contribution in [-0.4, -0.2) is 285 Å². The van der Waals surface area contributed by atoms with Crippen LogP contribution < -0.4 is 29.6 Å². The minimum absolute atomic E-state index is 0.00504. The van der Waals surface area contributed by atoms with Gasteiger partial charge in [-0.2, -0.15) is 16.8 Å². The van der Waals surface area contributed by atoms with Crippen LogP contribution in [0.3, 0.4) is 0 Å². The second-order valence-electron chi connectivity index (χ2n) is 40.7. The number of ether oxygens (including phenoxy) is 10. The van der Waals surface area contributed by atoms with Gasteiger partial charge in [-0.25, -0.2) is 0 Å². The lowest BCUT2D eigenvalue weighted by atomic mass is 9.68. The third-order valence-corrected chi connectivity index (χ3v) is 22.8. The van der Waals surface area contributed by atoms with Gasteiger partial charge in [0.05, 0.1) is 140 Å². The number of rotatable bonds is 42. The van der Waals surface area contributed by atoms with E-state index >= 15 is 0 Å². The summed E-state index contributed by atoms with van der Waals surface area (Å²) >= 11 is 0. The van der Waals surface area contributed by atoms with Crippen LogP contribution in [-0.2, 0) is 77.4 Å². The summed E-state index contributed by atoms with van der Waals surface area (Å²) in [5.41, 5.74) is 12.3. The third-order valence-electron chi connectivity index (χ3n) is 21.2. The molecule has 2 heterocycles. The molecule has 142 heavy (non-hydrogen) atoms. The fourth-order valence-electron chi connectivity index (χ4n) is 15.0. The van der Waals surface area contributed by atoms with Gasteiger partial charge >= 0.3 is 0 Å². The van der Waals surface area contributed by atoms with E-state index in [0.717, 1.165) is 40.5 Å². The zero-order chi connectivity index (χ0) is 106. The highest BCUT2D eigenvalue weighted by Gasteiger charge is 2.48. The van der Waals surface area contributed by atoms with Crippen molar-refractivity contribution in [2.24, 2.45) is 5.92 Å². The van der Waals surface area contributed by atoms with Gasteiger partial charge in [-0.3, -0.25) is 27.8 Å². The van der Waals surface area contributed by atoms with Gasteiger partial charge in [0.25, 0.3) is 20.2 Å². The van der Waals surface area contributed by atoms with E-state index in [1.54, 1.807) is 41.5 Å². The Morgan fingerprint density at radius 1 is 0.366 bits per heavy atom. The van der Waals surface area contributed by atoms with E-state index < -0.39 is 60.6 Å². The highest BCUT2D eigenvalue weighted by Crippen LogP contribution is 2.58. The molecule has 2 saturated heterocycles. The van der Waals surface area contributed by atoms with Crippen LogP contribution in [0, 0.1) is 5.92 Å². The third kappa shape index (κ3) is 45.1. The maximum absolute atomic E-state index is 10.6. The van der Waals surface area contributed by atoms with E-state index in [9.17, 15) is 46.9 Å².